The van der Waals surface area contributed by atoms with Gasteiger partial charge in [0.05, 0.1) is 22.1 Å². The Morgan fingerprint density at radius 3 is 1.27 bits per heavy atom. The van der Waals surface area contributed by atoms with Crippen LogP contribution in [0.3, 0.4) is 0 Å². The highest BCUT2D eigenvalue weighted by Gasteiger charge is 2.16. The molecule has 0 spiro atoms. The number of para-hydroxylation sites is 5. The van der Waals surface area contributed by atoms with Crippen molar-refractivity contribution in [1.29, 1.82) is 0 Å². The standard InChI is InChI=1S/C36H24N2.C17H15N/c1-3-11-27(12-4-1)37-33-17-9-7-15-29(33)31-23-25(19-21-35(31)37)26-20-22-36-32(24-26)30-16-8-10-18-34(30)38(36)28-13-5-2-6-14-28;1-18(15-10-3-2-4-11-15)17-13-7-9-14-8-5-6-12-16(14)17/h1-24H;2-13H,1H3. The fraction of sp³-hybridized carbons (Fsp3) is 0.0189. The molecule has 0 aliphatic carbocycles. The first kappa shape index (κ1) is 33.2. The van der Waals surface area contributed by atoms with E-state index in [2.05, 4.69) is 233 Å². The third kappa shape index (κ3) is 5.78. The molecule has 9 aromatic carbocycles. The molecule has 3 nitrogen and oxygen atoms in total. The van der Waals surface area contributed by atoms with E-state index in [0.717, 1.165) is 0 Å². The van der Waals surface area contributed by atoms with Gasteiger partial charge in [-0.05, 0) is 95.4 Å². The highest BCUT2D eigenvalue weighted by molar-refractivity contribution is 6.12. The van der Waals surface area contributed by atoms with Crippen LogP contribution in [0.1, 0.15) is 0 Å². The fourth-order valence-electron chi connectivity index (χ4n) is 8.31. The van der Waals surface area contributed by atoms with Crippen LogP contribution in [0.25, 0.3) is 76.9 Å². The zero-order chi connectivity index (χ0) is 37.4. The van der Waals surface area contributed by atoms with Gasteiger partial charge in [0, 0.05) is 56.7 Å². The van der Waals surface area contributed by atoms with Crippen molar-refractivity contribution in [3.05, 3.63) is 218 Å². The molecule has 0 bridgehead atoms. The van der Waals surface area contributed by atoms with Crippen molar-refractivity contribution >= 4 is 65.8 Å². The van der Waals surface area contributed by atoms with E-state index in [4.69, 9.17) is 0 Å². The van der Waals surface area contributed by atoms with Crippen LogP contribution in [0, 0.1) is 0 Å². The van der Waals surface area contributed by atoms with Gasteiger partial charge in [-0.15, -0.1) is 0 Å². The molecule has 56 heavy (non-hydrogen) atoms. The molecule has 3 heteroatoms. The fourth-order valence-corrected chi connectivity index (χ4v) is 8.31. The summed E-state index contributed by atoms with van der Waals surface area (Å²) in [6, 6.07) is 77.8. The summed E-state index contributed by atoms with van der Waals surface area (Å²) in [7, 11) is 2.11. The molecule has 0 saturated heterocycles. The van der Waals surface area contributed by atoms with Gasteiger partial charge in [0.15, 0.2) is 0 Å². The first-order valence-electron chi connectivity index (χ1n) is 19.2. The molecule has 0 fully saturated rings. The predicted molar refractivity (Wildman–Crippen MR) is 239 cm³/mol. The number of fused-ring (bicyclic) bond motifs is 7. The Hall–Kier alpha value is -7.36. The van der Waals surface area contributed by atoms with Crippen molar-refractivity contribution in [1.82, 2.24) is 9.13 Å². The summed E-state index contributed by atoms with van der Waals surface area (Å²) in [6.45, 7) is 0. The topological polar surface area (TPSA) is 13.1 Å². The first-order valence-corrected chi connectivity index (χ1v) is 19.2. The van der Waals surface area contributed by atoms with Gasteiger partial charge in [-0.1, -0.05) is 140 Å². The summed E-state index contributed by atoms with van der Waals surface area (Å²) in [6.07, 6.45) is 0. The number of benzene rings is 9. The van der Waals surface area contributed by atoms with E-state index in [9.17, 15) is 0 Å². The summed E-state index contributed by atoms with van der Waals surface area (Å²) in [5, 5.41) is 7.65. The van der Waals surface area contributed by atoms with Gasteiger partial charge in [-0.25, -0.2) is 0 Å². The zero-order valence-corrected chi connectivity index (χ0v) is 31.1. The minimum Gasteiger partial charge on any atom is -0.344 e. The third-order valence-corrected chi connectivity index (χ3v) is 11.0. The molecule has 0 unspecified atom stereocenters. The molecule has 0 aliphatic rings. The van der Waals surface area contributed by atoms with Crippen LogP contribution < -0.4 is 4.90 Å². The highest BCUT2D eigenvalue weighted by atomic mass is 15.1. The number of hydrogen-bond acceptors (Lipinski definition) is 1. The van der Waals surface area contributed by atoms with E-state index in [-0.39, 0.29) is 0 Å². The summed E-state index contributed by atoms with van der Waals surface area (Å²) >= 11 is 0. The van der Waals surface area contributed by atoms with E-state index < -0.39 is 0 Å². The molecule has 2 heterocycles. The minimum absolute atomic E-state index is 1.18. The number of aromatic nitrogens is 2. The summed E-state index contributed by atoms with van der Waals surface area (Å²) in [4.78, 5) is 2.22. The number of hydrogen-bond donors (Lipinski definition) is 0. The molecular formula is C53H39N3. The summed E-state index contributed by atoms with van der Waals surface area (Å²) in [5.41, 5.74) is 12.2. The minimum atomic E-state index is 1.18. The van der Waals surface area contributed by atoms with Crippen molar-refractivity contribution in [3.8, 4) is 22.5 Å². The normalized spacial score (nSPS) is 11.3. The third-order valence-electron chi connectivity index (χ3n) is 11.0. The smallest absolute Gasteiger partial charge is 0.0541 e. The van der Waals surface area contributed by atoms with Crippen LogP contribution in [0.15, 0.2) is 218 Å². The average Bonchev–Trinajstić information content (AvgIpc) is 3.79. The Balaban J connectivity index is 0.000000179. The Morgan fingerprint density at radius 2 is 0.732 bits per heavy atom. The van der Waals surface area contributed by atoms with Crippen molar-refractivity contribution in [2.45, 2.75) is 0 Å². The van der Waals surface area contributed by atoms with Gasteiger partial charge in [-0.3, -0.25) is 0 Å². The largest absolute Gasteiger partial charge is 0.344 e. The first-order chi connectivity index (χ1) is 27.7. The summed E-state index contributed by atoms with van der Waals surface area (Å²) < 4.78 is 4.73. The van der Waals surface area contributed by atoms with Crippen molar-refractivity contribution in [3.63, 3.8) is 0 Å². The van der Waals surface area contributed by atoms with Crippen LogP contribution in [0.2, 0.25) is 0 Å². The SMILES string of the molecule is CN(c1ccccc1)c1cccc2ccccc12.c1ccc(-n2c3ccccc3c3cc(-c4ccc5c(c4)c4ccccc4n5-c4ccccc4)ccc32)cc1. The van der Waals surface area contributed by atoms with Gasteiger partial charge in [0.25, 0.3) is 0 Å². The Labute approximate surface area is 326 Å². The second kappa shape index (κ2) is 14.1. The van der Waals surface area contributed by atoms with Crippen molar-refractivity contribution in [2.24, 2.45) is 0 Å². The number of nitrogens with zero attached hydrogens (tertiary/aromatic N) is 3. The molecule has 2 aromatic heterocycles. The van der Waals surface area contributed by atoms with Crippen LogP contribution in [0.5, 0.6) is 0 Å². The lowest BCUT2D eigenvalue weighted by Gasteiger charge is -2.21. The van der Waals surface area contributed by atoms with Crippen molar-refractivity contribution < 1.29 is 0 Å². The van der Waals surface area contributed by atoms with Crippen LogP contribution in [-0.2, 0) is 0 Å². The lowest BCUT2D eigenvalue weighted by molar-refractivity contribution is 1.18. The molecule has 0 aliphatic heterocycles. The van der Waals surface area contributed by atoms with E-state index in [1.54, 1.807) is 0 Å². The lowest BCUT2D eigenvalue weighted by atomic mass is 10.0. The Bertz CT molecular complexity index is 2980. The molecule has 0 amide bonds. The van der Waals surface area contributed by atoms with Crippen molar-refractivity contribution in [2.75, 3.05) is 11.9 Å². The Kier molecular flexibility index (Phi) is 8.38. The highest BCUT2D eigenvalue weighted by Crippen LogP contribution is 2.38. The second-order valence-electron chi connectivity index (χ2n) is 14.2. The van der Waals surface area contributed by atoms with Crippen LogP contribution in [0.4, 0.5) is 11.4 Å². The van der Waals surface area contributed by atoms with E-state index >= 15 is 0 Å². The zero-order valence-electron chi connectivity index (χ0n) is 31.1. The predicted octanol–water partition coefficient (Wildman–Crippen LogP) is 14.2. The van der Waals surface area contributed by atoms with E-state index in [0.29, 0.717) is 0 Å². The average molecular weight is 718 g/mol. The van der Waals surface area contributed by atoms with E-state index in [1.807, 2.05) is 6.07 Å². The monoisotopic (exact) mass is 717 g/mol. The molecule has 11 rings (SSSR count). The van der Waals surface area contributed by atoms with Gasteiger partial charge >= 0.3 is 0 Å². The lowest BCUT2D eigenvalue weighted by Crippen LogP contribution is -2.09. The quantitative estimate of drug-likeness (QED) is 0.173. The molecule has 0 radical (unpaired) electrons. The van der Waals surface area contributed by atoms with Gasteiger partial charge in [0.1, 0.15) is 0 Å². The number of rotatable bonds is 5. The molecule has 0 saturated carbocycles. The van der Waals surface area contributed by atoms with Crippen LogP contribution >= 0.6 is 0 Å². The maximum absolute atomic E-state index is 2.37. The summed E-state index contributed by atoms with van der Waals surface area (Å²) in [5.74, 6) is 0. The van der Waals surface area contributed by atoms with E-state index in [1.165, 1.54) is 88.3 Å². The second-order valence-corrected chi connectivity index (χ2v) is 14.2. The maximum atomic E-state index is 2.37. The molecule has 0 N–H and O–H groups in total. The number of anilines is 2. The van der Waals surface area contributed by atoms with Gasteiger partial charge in [0.2, 0.25) is 0 Å². The van der Waals surface area contributed by atoms with Gasteiger partial charge < -0.3 is 14.0 Å². The maximum Gasteiger partial charge on any atom is 0.0541 e. The molecule has 11 aromatic rings. The molecule has 0 atom stereocenters. The van der Waals surface area contributed by atoms with Crippen LogP contribution in [-0.4, -0.2) is 16.2 Å². The molecular weight excluding hydrogens is 679 g/mol. The Morgan fingerprint density at radius 1 is 0.321 bits per heavy atom. The van der Waals surface area contributed by atoms with Gasteiger partial charge in [-0.2, -0.15) is 0 Å². The molecule has 266 valence electrons.